The van der Waals surface area contributed by atoms with Crippen molar-refractivity contribution in [3.05, 3.63) is 166 Å². The van der Waals surface area contributed by atoms with Gasteiger partial charge < -0.3 is 24.8 Å². The Hall–Kier alpha value is -3.56. The number of fused-ring (bicyclic) bond motifs is 10. The summed E-state index contributed by atoms with van der Waals surface area (Å²) in [5.41, 5.74) is 15.6. The number of benzene rings is 6. The van der Waals surface area contributed by atoms with E-state index in [0.29, 0.717) is 0 Å². The van der Waals surface area contributed by atoms with E-state index < -0.39 is 23.2 Å². The molecule has 7 heteroatoms. The molecule has 0 saturated carbocycles. The number of nitrogens with zero attached hydrogens (tertiary/aromatic N) is 2. The number of halogens is 4. The minimum absolute atomic E-state index is 0. The van der Waals surface area contributed by atoms with Gasteiger partial charge in [0.05, 0.1) is 0 Å². The van der Waals surface area contributed by atoms with Gasteiger partial charge in [-0.2, -0.15) is 0 Å². The molecule has 0 saturated heterocycles. The van der Waals surface area contributed by atoms with Crippen LogP contribution in [0.5, 0.6) is 0 Å². The van der Waals surface area contributed by atoms with Gasteiger partial charge in [-0.25, -0.2) is 0 Å². The first-order chi connectivity index (χ1) is 23.2. The second-order valence-corrected chi connectivity index (χ2v) is 16.3. The molecule has 0 atom stereocenters. The standard InChI is InChI=1S/2C21H13ClN.2ClH.Zr/c2*22-15-10-11-17-14(12-15)13-19-18-8-4-5-9-20(18)23(21(17)19)16-6-2-1-3-7-16;;;/h2*1-11H,13H2;2*1H;/q;;;;+2/p-2. The van der Waals surface area contributed by atoms with Crippen LogP contribution in [0.25, 0.3) is 55.7 Å². The van der Waals surface area contributed by atoms with Gasteiger partial charge in [-0.1, -0.05) is 0 Å². The summed E-state index contributed by atoms with van der Waals surface area (Å²) >= 11 is 12.9. The molecular weight excluding hydrogens is 766 g/mol. The van der Waals surface area contributed by atoms with E-state index in [9.17, 15) is 0 Å². The quantitative estimate of drug-likeness (QED) is 0.255. The van der Waals surface area contributed by atoms with E-state index in [4.69, 9.17) is 23.2 Å². The van der Waals surface area contributed by atoms with Gasteiger partial charge >= 0.3 is 296 Å². The zero-order chi connectivity index (χ0) is 31.2. The van der Waals surface area contributed by atoms with Crippen molar-refractivity contribution in [2.24, 2.45) is 0 Å². The van der Waals surface area contributed by atoms with Crippen LogP contribution in [0.4, 0.5) is 0 Å². The van der Waals surface area contributed by atoms with Crippen molar-refractivity contribution in [2.45, 2.75) is 12.8 Å². The Morgan fingerprint density at radius 2 is 0.816 bits per heavy atom. The fraction of sp³-hybridized carbons (Fsp3) is 0.0476. The minimum atomic E-state index is -1.45. The monoisotopic (exact) mass is 788 g/mol. The molecule has 49 heavy (non-hydrogen) atoms. The zero-order valence-electron chi connectivity index (χ0n) is 26.0. The van der Waals surface area contributed by atoms with E-state index in [2.05, 4.69) is 143 Å². The summed E-state index contributed by atoms with van der Waals surface area (Å²) in [5.74, 6) is 0. The molecular formula is C42H26Cl4N2Zr. The summed E-state index contributed by atoms with van der Waals surface area (Å²) in [6, 6.07) is 47.8. The van der Waals surface area contributed by atoms with Gasteiger partial charge in [0, 0.05) is 0 Å². The van der Waals surface area contributed by atoms with Gasteiger partial charge in [0.2, 0.25) is 0 Å². The van der Waals surface area contributed by atoms with E-state index in [1.807, 2.05) is 0 Å². The summed E-state index contributed by atoms with van der Waals surface area (Å²) in [7, 11) is 0. The van der Waals surface area contributed by atoms with Crippen LogP contribution in [0, 0.1) is 0 Å². The predicted molar refractivity (Wildman–Crippen MR) is 192 cm³/mol. The Bertz CT molecular complexity index is 2390. The molecule has 0 unspecified atom stereocenters. The summed E-state index contributed by atoms with van der Waals surface area (Å²) < 4.78 is 7.57. The molecule has 0 spiro atoms. The van der Waals surface area contributed by atoms with Crippen molar-refractivity contribution in [1.29, 1.82) is 0 Å². The molecule has 0 radical (unpaired) electrons. The third-order valence-electron chi connectivity index (χ3n) is 9.98. The SMILES string of the molecule is Clc1ccc2c([c]1[Zr+2][c]1c(Cl)ccc3c1Cc1c-3n(-c3ccccc3)c3ccccc13)Cc1c-2n(-c2ccccc2)c2ccccc12.[Cl-].[Cl-]. The first-order valence-corrected chi connectivity index (χ1v) is 19.1. The third kappa shape index (κ3) is 4.85. The topological polar surface area (TPSA) is 9.86 Å². The van der Waals surface area contributed by atoms with Crippen LogP contribution in [-0.4, -0.2) is 9.13 Å². The first kappa shape index (κ1) is 32.6. The van der Waals surface area contributed by atoms with Gasteiger partial charge in [-0.05, 0) is 0 Å². The van der Waals surface area contributed by atoms with Gasteiger partial charge in [-0.15, -0.1) is 0 Å². The van der Waals surface area contributed by atoms with E-state index in [1.54, 1.807) is 0 Å². The van der Waals surface area contributed by atoms with Gasteiger partial charge in [0.25, 0.3) is 0 Å². The molecule has 2 aromatic heterocycles. The van der Waals surface area contributed by atoms with E-state index in [1.165, 1.54) is 84.5 Å². The van der Waals surface area contributed by atoms with Crippen molar-refractivity contribution in [1.82, 2.24) is 9.13 Å². The van der Waals surface area contributed by atoms with Crippen LogP contribution in [-0.2, 0) is 36.1 Å². The Balaban J connectivity index is 0.00000174. The van der Waals surface area contributed by atoms with Crippen LogP contribution in [0.15, 0.2) is 133 Å². The minimum Gasteiger partial charge on any atom is -1.00 e. The molecule has 0 N–H and O–H groups in total. The Morgan fingerprint density at radius 1 is 0.429 bits per heavy atom. The van der Waals surface area contributed by atoms with Crippen molar-refractivity contribution in [2.75, 3.05) is 0 Å². The number of hydrogen-bond donors (Lipinski definition) is 0. The number of hydrogen-bond acceptors (Lipinski definition) is 0. The fourth-order valence-electron chi connectivity index (χ4n) is 8.03. The zero-order valence-corrected chi connectivity index (χ0v) is 31.5. The fourth-order valence-corrected chi connectivity index (χ4v) is 12.4. The van der Waals surface area contributed by atoms with E-state index in [-0.39, 0.29) is 24.8 Å². The molecule has 0 amide bonds. The molecule has 10 rings (SSSR count). The molecule has 2 heterocycles. The predicted octanol–water partition coefficient (Wildman–Crippen LogP) is 4.06. The Morgan fingerprint density at radius 3 is 1.24 bits per heavy atom. The maximum atomic E-state index is 7.19. The second kappa shape index (κ2) is 12.6. The number of para-hydroxylation sites is 4. The van der Waals surface area contributed by atoms with Gasteiger partial charge in [0.15, 0.2) is 0 Å². The maximum Gasteiger partial charge on any atom is -1.00 e. The molecule has 0 fully saturated rings. The largest absolute Gasteiger partial charge is 1.00 e. The molecule has 0 aliphatic heterocycles. The Kier molecular flexibility index (Phi) is 8.42. The average molecular weight is 792 g/mol. The van der Waals surface area contributed by atoms with Crippen LogP contribution in [0.2, 0.25) is 10.0 Å². The maximum absolute atomic E-state index is 7.19. The first-order valence-electron chi connectivity index (χ1n) is 15.9. The number of rotatable bonds is 4. The van der Waals surface area contributed by atoms with Gasteiger partial charge in [-0.3, -0.25) is 0 Å². The summed E-state index contributed by atoms with van der Waals surface area (Å²) in [6.45, 7) is 0. The molecule has 2 aliphatic rings. The molecule has 6 aromatic carbocycles. The second-order valence-electron chi connectivity index (χ2n) is 12.4. The average Bonchev–Trinajstić information content (AvgIpc) is 3.85. The third-order valence-corrected chi connectivity index (χ3v) is 15.4. The molecule has 8 aromatic rings. The Labute approximate surface area is 318 Å². The van der Waals surface area contributed by atoms with Crippen molar-refractivity contribution in [3.8, 4) is 33.9 Å². The van der Waals surface area contributed by atoms with Crippen LogP contribution in [0.3, 0.4) is 0 Å². The van der Waals surface area contributed by atoms with Crippen LogP contribution < -0.4 is 31.4 Å². The number of aromatic nitrogens is 2. The van der Waals surface area contributed by atoms with Crippen molar-refractivity contribution >= 4 is 51.6 Å². The molecule has 236 valence electrons. The van der Waals surface area contributed by atoms with Crippen molar-refractivity contribution in [3.63, 3.8) is 0 Å². The smallest absolute Gasteiger partial charge is 1.00 e. The summed E-state index contributed by atoms with van der Waals surface area (Å²) in [5, 5.41) is 4.38. The van der Waals surface area contributed by atoms with Gasteiger partial charge in [0.1, 0.15) is 0 Å². The van der Waals surface area contributed by atoms with Crippen LogP contribution in [0.1, 0.15) is 22.3 Å². The van der Waals surface area contributed by atoms with E-state index >= 15 is 0 Å². The summed E-state index contributed by atoms with van der Waals surface area (Å²) in [6.07, 6.45) is 1.77. The normalized spacial score (nSPS) is 12.1. The van der Waals surface area contributed by atoms with Crippen molar-refractivity contribution < 1.29 is 48.0 Å². The van der Waals surface area contributed by atoms with Crippen LogP contribution >= 0.6 is 23.2 Å². The molecule has 2 nitrogen and oxygen atoms in total. The molecule has 2 aliphatic carbocycles. The summed E-state index contributed by atoms with van der Waals surface area (Å²) in [4.78, 5) is 0. The molecule has 0 bridgehead atoms. The van der Waals surface area contributed by atoms with E-state index in [0.717, 1.165) is 22.9 Å².